The van der Waals surface area contributed by atoms with Crippen LogP contribution in [-0.4, -0.2) is 31.7 Å². The summed E-state index contributed by atoms with van der Waals surface area (Å²) < 4.78 is 16.0. The predicted octanol–water partition coefficient (Wildman–Crippen LogP) is 4.29. The fourth-order valence-corrected chi connectivity index (χ4v) is 2.73. The third-order valence-electron chi connectivity index (χ3n) is 4.29. The van der Waals surface area contributed by atoms with Gasteiger partial charge in [0.1, 0.15) is 0 Å². The summed E-state index contributed by atoms with van der Waals surface area (Å²) in [5, 5.41) is 2.82. The smallest absolute Gasteiger partial charge is 0.331 e. The molecule has 2 aromatic carbocycles. The van der Waals surface area contributed by atoms with E-state index in [1.54, 1.807) is 31.4 Å². The lowest BCUT2D eigenvalue weighted by Gasteiger charge is -2.15. The second-order valence-corrected chi connectivity index (χ2v) is 6.51. The number of esters is 1. The lowest BCUT2D eigenvalue weighted by Crippen LogP contribution is -2.30. The molecule has 0 aliphatic heterocycles. The number of hydrogen-bond donors (Lipinski definition) is 1. The maximum absolute atomic E-state index is 12.4. The molecule has 154 valence electrons. The number of para-hydroxylation sites is 1. The van der Waals surface area contributed by atoms with Crippen LogP contribution in [0.25, 0.3) is 6.08 Å². The summed E-state index contributed by atoms with van der Waals surface area (Å²) in [6.07, 6.45) is 1.94. The Balaban J connectivity index is 1.98. The molecule has 6 heteroatoms. The number of nitrogens with one attached hydrogen (secondary N) is 1. The van der Waals surface area contributed by atoms with Crippen molar-refractivity contribution < 1.29 is 23.8 Å². The van der Waals surface area contributed by atoms with Gasteiger partial charge in [-0.05, 0) is 62.6 Å². The first kappa shape index (κ1) is 22.0. The van der Waals surface area contributed by atoms with E-state index >= 15 is 0 Å². The molecule has 2 aromatic rings. The zero-order chi connectivity index (χ0) is 21.4. The van der Waals surface area contributed by atoms with Gasteiger partial charge in [-0.1, -0.05) is 24.3 Å². The summed E-state index contributed by atoms with van der Waals surface area (Å²) >= 11 is 0. The monoisotopic (exact) mass is 397 g/mol. The number of ether oxygens (including phenoxy) is 3. The summed E-state index contributed by atoms with van der Waals surface area (Å²) in [5.74, 6) is 0.212. The number of hydrogen-bond acceptors (Lipinski definition) is 5. The molecular weight excluding hydrogens is 370 g/mol. The molecule has 0 bridgehead atoms. The van der Waals surface area contributed by atoms with Crippen LogP contribution in [0.15, 0.2) is 42.5 Å². The zero-order valence-corrected chi connectivity index (χ0v) is 17.4. The van der Waals surface area contributed by atoms with Crippen molar-refractivity contribution >= 4 is 23.6 Å². The molecule has 0 radical (unpaired) electrons. The maximum atomic E-state index is 12.4. The third-order valence-corrected chi connectivity index (χ3v) is 4.29. The first-order chi connectivity index (χ1) is 13.8. The number of methoxy groups -OCH3 is 1. The highest BCUT2D eigenvalue weighted by Gasteiger charge is 2.18. The molecule has 0 aliphatic carbocycles. The van der Waals surface area contributed by atoms with E-state index in [9.17, 15) is 9.59 Å². The van der Waals surface area contributed by atoms with Crippen LogP contribution in [0.3, 0.4) is 0 Å². The Morgan fingerprint density at radius 3 is 2.41 bits per heavy atom. The molecule has 0 fully saturated rings. The average Bonchev–Trinajstić information content (AvgIpc) is 2.70. The second kappa shape index (κ2) is 10.3. The van der Waals surface area contributed by atoms with E-state index in [2.05, 4.69) is 5.32 Å². The normalized spacial score (nSPS) is 11.8. The van der Waals surface area contributed by atoms with E-state index in [-0.39, 0.29) is 5.91 Å². The molecule has 6 nitrogen and oxygen atoms in total. The van der Waals surface area contributed by atoms with Crippen LogP contribution in [0.4, 0.5) is 5.69 Å². The minimum absolute atomic E-state index is 0.383. The van der Waals surface area contributed by atoms with E-state index in [0.717, 1.165) is 22.4 Å². The van der Waals surface area contributed by atoms with Crippen LogP contribution in [0.2, 0.25) is 0 Å². The van der Waals surface area contributed by atoms with Crippen molar-refractivity contribution in [3.8, 4) is 11.5 Å². The first-order valence-corrected chi connectivity index (χ1v) is 9.42. The zero-order valence-electron chi connectivity index (χ0n) is 17.4. The molecule has 0 saturated carbocycles. The molecule has 0 aromatic heterocycles. The van der Waals surface area contributed by atoms with Crippen molar-refractivity contribution in [2.45, 2.75) is 33.8 Å². The highest BCUT2D eigenvalue weighted by Crippen LogP contribution is 2.28. The lowest BCUT2D eigenvalue weighted by molar-refractivity contribution is -0.148. The largest absolute Gasteiger partial charge is 0.493 e. The number of rotatable bonds is 8. The van der Waals surface area contributed by atoms with E-state index in [1.165, 1.54) is 13.0 Å². The SMILES string of the molecule is CCOc1ccc(/C=C/C(=O)O[C@H](C)C(=O)Nc2c(C)cccc2C)cc1OC. The first-order valence-electron chi connectivity index (χ1n) is 9.42. The van der Waals surface area contributed by atoms with Crippen molar-refractivity contribution in [3.05, 3.63) is 59.2 Å². The average molecular weight is 397 g/mol. The second-order valence-electron chi connectivity index (χ2n) is 6.51. The van der Waals surface area contributed by atoms with Gasteiger partial charge in [0, 0.05) is 11.8 Å². The minimum atomic E-state index is -0.930. The van der Waals surface area contributed by atoms with Gasteiger partial charge < -0.3 is 19.5 Å². The van der Waals surface area contributed by atoms with Crippen molar-refractivity contribution in [1.82, 2.24) is 0 Å². The molecule has 1 atom stereocenters. The molecule has 29 heavy (non-hydrogen) atoms. The van der Waals surface area contributed by atoms with Crippen LogP contribution in [-0.2, 0) is 14.3 Å². The van der Waals surface area contributed by atoms with Gasteiger partial charge in [0.15, 0.2) is 17.6 Å². The molecule has 0 heterocycles. The van der Waals surface area contributed by atoms with E-state index < -0.39 is 12.1 Å². The topological polar surface area (TPSA) is 73.9 Å². The van der Waals surface area contributed by atoms with Crippen molar-refractivity contribution in [2.24, 2.45) is 0 Å². The molecule has 1 amide bonds. The Kier molecular flexibility index (Phi) is 7.83. The molecule has 2 rings (SSSR count). The van der Waals surface area contributed by atoms with E-state index in [0.29, 0.717) is 18.1 Å². The quantitative estimate of drug-likeness (QED) is 0.531. The highest BCUT2D eigenvalue weighted by molar-refractivity contribution is 5.97. The van der Waals surface area contributed by atoms with Gasteiger partial charge in [-0.15, -0.1) is 0 Å². The van der Waals surface area contributed by atoms with Crippen LogP contribution in [0.5, 0.6) is 11.5 Å². The van der Waals surface area contributed by atoms with Crippen molar-refractivity contribution in [3.63, 3.8) is 0 Å². The number of benzene rings is 2. The number of anilines is 1. The van der Waals surface area contributed by atoms with Crippen LogP contribution >= 0.6 is 0 Å². The maximum Gasteiger partial charge on any atom is 0.331 e. The Hall–Kier alpha value is -3.28. The predicted molar refractivity (Wildman–Crippen MR) is 113 cm³/mol. The van der Waals surface area contributed by atoms with Gasteiger partial charge in [0.2, 0.25) is 0 Å². The molecule has 0 unspecified atom stereocenters. The standard InChI is InChI=1S/C23H27NO5/c1-6-28-19-12-10-18(14-20(19)27-5)11-13-21(25)29-17(4)23(26)24-22-15(2)8-7-9-16(22)3/h7-14,17H,6H2,1-5H3,(H,24,26)/b13-11+/t17-/m1/s1. The summed E-state index contributed by atoms with van der Waals surface area (Å²) in [6.45, 7) is 7.77. The number of amides is 1. The van der Waals surface area contributed by atoms with Crippen LogP contribution in [0.1, 0.15) is 30.5 Å². The van der Waals surface area contributed by atoms with Crippen LogP contribution < -0.4 is 14.8 Å². The third kappa shape index (κ3) is 6.10. The molecule has 0 aliphatic rings. The molecular formula is C23H27NO5. The van der Waals surface area contributed by atoms with E-state index in [1.807, 2.05) is 39.0 Å². The van der Waals surface area contributed by atoms with Gasteiger partial charge >= 0.3 is 5.97 Å². The van der Waals surface area contributed by atoms with Crippen molar-refractivity contribution in [1.29, 1.82) is 0 Å². The van der Waals surface area contributed by atoms with Gasteiger partial charge in [0.05, 0.1) is 13.7 Å². The Bertz CT molecular complexity index is 884. The molecule has 0 saturated heterocycles. The molecule has 0 spiro atoms. The van der Waals surface area contributed by atoms with Gasteiger partial charge in [-0.2, -0.15) is 0 Å². The lowest BCUT2D eigenvalue weighted by atomic mass is 10.1. The van der Waals surface area contributed by atoms with Gasteiger partial charge in [-0.25, -0.2) is 4.79 Å². The summed E-state index contributed by atoms with van der Waals surface area (Å²) in [4.78, 5) is 24.5. The van der Waals surface area contributed by atoms with Crippen molar-refractivity contribution in [2.75, 3.05) is 19.0 Å². The Labute approximate surface area is 171 Å². The number of carbonyl (C=O) groups is 2. The van der Waals surface area contributed by atoms with E-state index in [4.69, 9.17) is 14.2 Å². The fourth-order valence-electron chi connectivity index (χ4n) is 2.73. The summed E-state index contributed by atoms with van der Waals surface area (Å²) in [5.41, 5.74) is 3.37. The number of carbonyl (C=O) groups excluding carboxylic acids is 2. The minimum Gasteiger partial charge on any atom is -0.493 e. The summed E-state index contributed by atoms with van der Waals surface area (Å²) in [6, 6.07) is 11.1. The number of aryl methyl sites for hydroxylation is 2. The molecule has 1 N–H and O–H groups in total. The van der Waals surface area contributed by atoms with Gasteiger partial charge in [0.25, 0.3) is 5.91 Å². The van der Waals surface area contributed by atoms with Gasteiger partial charge in [-0.3, -0.25) is 4.79 Å². The Morgan fingerprint density at radius 1 is 1.10 bits per heavy atom. The fraction of sp³-hybridized carbons (Fsp3) is 0.304. The summed E-state index contributed by atoms with van der Waals surface area (Å²) in [7, 11) is 1.55. The Morgan fingerprint density at radius 2 is 1.79 bits per heavy atom. The van der Waals surface area contributed by atoms with Crippen LogP contribution in [0, 0.1) is 13.8 Å². The highest BCUT2D eigenvalue weighted by atomic mass is 16.5.